The summed E-state index contributed by atoms with van der Waals surface area (Å²) < 4.78 is 0. The summed E-state index contributed by atoms with van der Waals surface area (Å²) in [7, 11) is 0. The summed E-state index contributed by atoms with van der Waals surface area (Å²) in [5, 5.41) is 5.97. The van der Waals surface area contributed by atoms with E-state index >= 15 is 0 Å². The maximum atomic E-state index is 11.9. The van der Waals surface area contributed by atoms with Gasteiger partial charge in [0.2, 0.25) is 11.8 Å². The van der Waals surface area contributed by atoms with Crippen molar-refractivity contribution < 1.29 is 9.59 Å². The zero-order valence-electron chi connectivity index (χ0n) is 11.4. The lowest BCUT2D eigenvalue weighted by molar-refractivity contribution is -0.119. The average molecular weight is 263 g/mol. The van der Waals surface area contributed by atoms with E-state index in [1.807, 2.05) is 13.8 Å². The van der Waals surface area contributed by atoms with E-state index in [0.29, 0.717) is 6.54 Å². The molecule has 0 aliphatic carbocycles. The molecule has 0 spiro atoms. The summed E-state index contributed by atoms with van der Waals surface area (Å²) in [5.74, 6) is -0.482. The molecule has 0 aromatic heterocycles. The normalized spacial score (nSPS) is 11.9. The fourth-order valence-corrected chi connectivity index (χ4v) is 1.63. The molecule has 19 heavy (non-hydrogen) atoms. The van der Waals surface area contributed by atoms with Crippen molar-refractivity contribution in [3.63, 3.8) is 0 Å². The highest BCUT2D eigenvalue weighted by molar-refractivity contribution is 5.92. The molecule has 104 valence electrons. The van der Waals surface area contributed by atoms with Crippen LogP contribution in [0.3, 0.4) is 0 Å². The van der Waals surface area contributed by atoms with Crippen LogP contribution in [-0.2, 0) is 16.0 Å². The number of amides is 2. The molecule has 1 aromatic carbocycles. The Morgan fingerprint density at radius 1 is 1.26 bits per heavy atom. The molecule has 0 aliphatic rings. The molecular weight excluding hydrogens is 242 g/mol. The van der Waals surface area contributed by atoms with Gasteiger partial charge in [-0.3, -0.25) is 9.59 Å². The lowest BCUT2D eigenvalue weighted by Crippen LogP contribution is -2.30. The number of rotatable bonds is 7. The first-order valence-corrected chi connectivity index (χ1v) is 6.41. The Morgan fingerprint density at radius 3 is 2.42 bits per heavy atom. The van der Waals surface area contributed by atoms with Crippen molar-refractivity contribution in [3.05, 3.63) is 29.8 Å². The summed E-state index contributed by atoms with van der Waals surface area (Å²) in [6, 6.07) is 7.12. The lowest BCUT2D eigenvalue weighted by atomic mass is 10.1. The summed E-state index contributed by atoms with van der Waals surface area (Å²) >= 11 is 0. The highest BCUT2D eigenvalue weighted by Crippen LogP contribution is 2.11. The monoisotopic (exact) mass is 263 g/mol. The van der Waals surface area contributed by atoms with Gasteiger partial charge in [0, 0.05) is 18.2 Å². The maximum absolute atomic E-state index is 11.9. The first-order chi connectivity index (χ1) is 9.02. The summed E-state index contributed by atoms with van der Waals surface area (Å²) in [5.41, 5.74) is 6.68. The van der Waals surface area contributed by atoms with Crippen LogP contribution in [0.2, 0.25) is 0 Å². The molecule has 5 nitrogen and oxygen atoms in total. The molecule has 0 fully saturated rings. The highest BCUT2D eigenvalue weighted by atomic mass is 16.2. The first-order valence-electron chi connectivity index (χ1n) is 6.41. The molecule has 5 heteroatoms. The van der Waals surface area contributed by atoms with Crippen LogP contribution in [0.25, 0.3) is 0 Å². The lowest BCUT2D eigenvalue weighted by Gasteiger charge is -2.12. The first kappa shape index (κ1) is 15.2. The third kappa shape index (κ3) is 5.52. The summed E-state index contributed by atoms with van der Waals surface area (Å²) in [6.45, 7) is 5.38. The zero-order chi connectivity index (χ0) is 14.3. The molecule has 2 amide bonds. The minimum Gasteiger partial charge on any atom is -0.369 e. The van der Waals surface area contributed by atoms with E-state index in [2.05, 4.69) is 10.6 Å². The number of nitrogens with two attached hydrogens (primary N) is 1. The van der Waals surface area contributed by atoms with Crippen LogP contribution in [0.5, 0.6) is 0 Å². The third-order valence-corrected chi connectivity index (χ3v) is 2.75. The molecule has 0 radical (unpaired) electrons. The van der Waals surface area contributed by atoms with Gasteiger partial charge in [0.25, 0.3) is 0 Å². The second kappa shape index (κ2) is 7.53. The standard InChI is InChI=1S/C14H21N3O2/c1-3-16-9-10(2)14(19)17-12-6-4-11(5-7-12)8-13(15)18/h4-7,10,16H,3,8-9H2,1-2H3,(H2,15,18)(H,17,19). The Bertz CT molecular complexity index is 429. The minimum atomic E-state index is -0.365. The summed E-state index contributed by atoms with van der Waals surface area (Å²) in [6.07, 6.45) is 0.213. The maximum Gasteiger partial charge on any atom is 0.228 e. The molecular formula is C14H21N3O2. The predicted molar refractivity (Wildman–Crippen MR) is 75.7 cm³/mol. The van der Waals surface area contributed by atoms with Gasteiger partial charge in [-0.1, -0.05) is 26.0 Å². The highest BCUT2D eigenvalue weighted by Gasteiger charge is 2.12. The minimum absolute atomic E-state index is 0.0244. The molecule has 4 N–H and O–H groups in total. The van der Waals surface area contributed by atoms with Gasteiger partial charge in [-0.2, -0.15) is 0 Å². The topological polar surface area (TPSA) is 84.2 Å². The van der Waals surface area contributed by atoms with Crippen molar-refractivity contribution in [3.8, 4) is 0 Å². The molecule has 1 aromatic rings. The predicted octanol–water partition coefficient (Wildman–Crippen LogP) is 0.898. The molecule has 0 aliphatic heterocycles. The molecule has 1 atom stereocenters. The molecule has 1 rings (SSSR count). The zero-order valence-corrected chi connectivity index (χ0v) is 11.4. The van der Waals surface area contributed by atoms with Gasteiger partial charge in [0.15, 0.2) is 0 Å². The van der Waals surface area contributed by atoms with Crippen LogP contribution >= 0.6 is 0 Å². The van der Waals surface area contributed by atoms with E-state index in [0.717, 1.165) is 17.8 Å². The van der Waals surface area contributed by atoms with E-state index in [-0.39, 0.29) is 24.2 Å². The van der Waals surface area contributed by atoms with Crippen LogP contribution in [-0.4, -0.2) is 24.9 Å². The van der Waals surface area contributed by atoms with Gasteiger partial charge in [-0.25, -0.2) is 0 Å². The van der Waals surface area contributed by atoms with E-state index < -0.39 is 0 Å². The number of nitrogens with one attached hydrogen (secondary N) is 2. The third-order valence-electron chi connectivity index (χ3n) is 2.75. The van der Waals surface area contributed by atoms with Gasteiger partial charge in [-0.05, 0) is 24.2 Å². The van der Waals surface area contributed by atoms with Crippen molar-refractivity contribution >= 4 is 17.5 Å². The number of carbonyl (C=O) groups excluding carboxylic acids is 2. The second-order valence-corrected chi connectivity index (χ2v) is 4.54. The number of carbonyl (C=O) groups is 2. The Hall–Kier alpha value is -1.88. The number of primary amides is 1. The molecule has 0 saturated heterocycles. The quantitative estimate of drug-likeness (QED) is 0.683. The SMILES string of the molecule is CCNCC(C)C(=O)Nc1ccc(CC(N)=O)cc1. The fraction of sp³-hybridized carbons (Fsp3) is 0.429. The second-order valence-electron chi connectivity index (χ2n) is 4.54. The van der Waals surface area contributed by atoms with Crippen LogP contribution in [0.4, 0.5) is 5.69 Å². The van der Waals surface area contributed by atoms with Gasteiger partial charge < -0.3 is 16.4 Å². The van der Waals surface area contributed by atoms with E-state index in [1.54, 1.807) is 24.3 Å². The molecule has 1 unspecified atom stereocenters. The van der Waals surface area contributed by atoms with Gasteiger partial charge in [0.1, 0.15) is 0 Å². The summed E-state index contributed by atoms with van der Waals surface area (Å²) in [4.78, 5) is 22.6. The Kier molecular flexibility index (Phi) is 6.02. The molecule has 0 saturated carbocycles. The van der Waals surface area contributed by atoms with Gasteiger partial charge >= 0.3 is 0 Å². The van der Waals surface area contributed by atoms with Crippen molar-refractivity contribution in [1.29, 1.82) is 0 Å². The van der Waals surface area contributed by atoms with Crippen LogP contribution in [0.15, 0.2) is 24.3 Å². The fourth-order valence-electron chi connectivity index (χ4n) is 1.63. The van der Waals surface area contributed by atoms with E-state index in [4.69, 9.17) is 5.73 Å². The van der Waals surface area contributed by atoms with Gasteiger partial charge in [0.05, 0.1) is 6.42 Å². The number of hydrogen-bond donors (Lipinski definition) is 3. The van der Waals surface area contributed by atoms with Crippen LogP contribution in [0.1, 0.15) is 19.4 Å². The van der Waals surface area contributed by atoms with E-state index in [9.17, 15) is 9.59 Å². The van der Waals surface area contributed by atoms with Crippen molar-refractivity contribution in [2.24, 2.45) is 11.7 Å². The van der Waals surface area contributed by atoms with Gasteiger partial charge in [-0.15, -0.1) is 0 Å². The number of anilines is 1. The Morgan fingerprint density at radius 2 is 1.89 bits per heavy atom. The van der Waals surface area contributed by atoms with Crippen molar-refractivity contribution in [1.82, 2.24) is 5.32 Å². The molecule has 0 heterocycles. The number of hydrogen-bond acceptors (Lipinski definition) is 3. The smallest absolute Gasteiger partial charge is 0.228 e. The number of benzene rings is 1. The van der Waals surface area contributed by atoms with Crippen molar-refractivity contribution in [2.45, 2.75) is 20.3 Å². The molecule has 0 bridgehead atoms. The largest absolute Gasteiger partial charge is 0.369 e. The Labute approximate surface area is 113 Å². The van der Waals surface area contributed by atoms with Crippen LogP contribution in [0, 0.1) is 5.92 Å². The average Bonchev–Trinajstić information content (AvgIpc) is 2.37. The van der Waals surface area contributed by atoms with Crippen molar-refractivity contribution in [2.75, 3.05) is 18.4 Å². The van der Waals surface area contributed by atoms with Crippen LogP contribution < -0.4 is 16.4 Å². The Balaban J connectivity index is 2.52. The van der Waals surface area contributed by atoms with E-state index in [1.165, 1.54) is 0 Å².